The van der Waals surface area contributed by atoms with Crippen LogP contribution in [0.2, 0.25) is 5.02 Å². The molecule has 3 rings (SSSR count). The molecule has 0 spiro atoms. The lowest BCUT2D eigenvalue weighted by molar-refractivity contribution is -0.383. The number of rotatable bonds is 14. The predicted octanol–water partition coefficient (Wildman–Crippen LogP) is 8.74. The van der Waals surface area contributed by atoms with Crippen LogP contribution in [0, 0.1) is 17.0 Å². The number of anilines is 2. The molecular weight excluding hydrogens is 702 g/mol. The first-order chi connectivity index (χ1) is 22.9. The van der Waals surface area contributed by atoms with E-state index in [1.165, 1.54) is 17.0 Å². The van der Waals surface area contributed by atoms with Crippen molar-refractivity contribution < 1.29 is 24.0 Å². The summed E-state index contributed by atoms with van der Waals surface area (Å²) in [5, 5.41) is 10.7. The molecule has 0 aliphatic heterocycles. The highest BCUT2D eigenvalue weighted by molar-refractivity contribution is 6.53. The Morgan fingerprint density at radius 3 is 2.15 bits per heavy atom. The van der Waals surface area contributed by atoms with Gasteiger partial charge in [0.15, 0.2) is 4.84 Å². The predicted molar refractivity (Wildman–Crippen MR) is 197 cm³/mol. The van der Waals surface area contributed by atoms with Crippen LogP contribution in [-0.2, 0) is 20.7 Å². The van der Waals surface area contributed by atoms with Gasteiger partial charge in [0.1, 0.15) is 34.8 Å². The Kier molecular flexibility index (Phi) is 20.0. The standard InChI is InChI=1S/C14H20ClNO2.C12H9ClN2O3.C8H11Cl2NO/c1-4-12-8-6-7-11(3)14(12)16(10-18-5-2)13(17)9-15;13-11-10(18-8-4-2-1-3-5-8)7-6-9(12(11)14)15(16)17;1-3-5-11(6-4-2)8(12)7(9)10/h6-8H,4-5,9-10H2,1-3H3;1-7H,14H2;3-4,7H,1-2,5-6H2. The molecule has 3 aromatic rings. The summed E-state index contributed by atoms with van der Waals surface area (Å²) in [4.78, 5) is 35.3. The summed E-state index contributed by atoms with van der Waals surface area (Å²) < 4.78 is 10.9. The number of nitro groups is 1. The van der Waals surface area contributed by atoms with Gasteiger partial charge in [-0.1, -0.05) is 90.3 Å². The number of hydrogen-bond acceptors (Lipinski definition) is 7. The van der Waals surface area contributed by atoms with Crippen molar-refractivity contribution in [2.24, 2.45) is 0 Å². The number of ether oxygens (including phenoxy) is 2. The average Bonchev–Trinajstić information content (AvgIpc) is 3.07. The van der Waals surface area contributed by atoms with Crippen LogP contribution in [0.25, 0.3) is 0 Å². The summed E-state index contributed by atoms with van der Waals surface area (Å²) in [6, 6.07) is 17.7. The van der Waals surface area contributed by atoms with Crippen molar-refractivity contribution in [3.05, 3.63) is 112 Å². The number of carbonyl (C=O) groups is 2. The second-order valence-electron chi connectivity index (χ2n) is 9.62. The number of aryl methyl sites for hydroxylation is 2. The topological polar surface area (TPSA) is 128 Å². The van der Waals surface area contributed by atoms with Crippen molar-refractivity contribution >= 4 is 75.3 Å². The molecule has 0 saturated heterocycles. The highest BCUT2D eigenvalue weighted by atomic mass is 35.5. The van der Waals surface area contributed by atoms with Gasteiger partial charge in [-0.05, 0) is 49.6 Å². The van der Waals surface area contributed by atoms with Crippen LogP contribution >= 0.6 is 46.4 Å². The fourth-order valence-electron chi connectivity index (χ4n) is 4.03. The zero-order valence-electron chi connectivity index (χ0n) is 27.0. The molecule has 0 aromatic heterocycles. The Balaban J connectivity index is 0.000000369. The molecule has 0 atom stereocenters. The van der Waals surface area contributed by atoms with Gasteiger partial charge in [-0.3, -0.25) is 24.6 Å². The van der Waals surface area contributed by atoms with Crippen LogP contribution in [0.1, 0.15) is 25.0 Å². The molecule has 2 N–H and O–H groups in total. The third-order valence-electron chi connectivity index (χ3n) is 6.30. The second kappa shape index (κ2) is 22.7. The number of alkyl halides is 3. The van der Waals surface area contributed by atoms with E-state index in [9.17, 15) is 19.7 Å². The molecular formula is C34H40Cl4N4O6. The summed E-state index contributed by atoms with van der Waals surface area (Å²) in [6.07, 6.45) is 4.09. The monoisotopic (exact) mass is 740 g/mol. The Labute approximate surface area is 301 Å². The number of amides is 2. The van der Waals surface area contributed by atoms with Crippen LogP contribution in [0.4, 0.5) is 17.1 Å². The second-order valence-corrected chi connectivity index (χ2v) is 11.4. The van der Waals surface area contributed by atoms with E-state index >= 15 is 0 Å². The Morgan fingerprint density at radius 2 is 1.65 bits per heavy atom. The molecule has 14 heteroatoms. The molecule has 0 unspecified atom stereocenters. The molecule has 2 amide bonds. The summed E-state index contributed by atoms with van der Waals surface area (Å²) >= 11 is 22.4. The van der Waals surface area contributed by atoms with Crippen LogP contribution in [0.15, 0.2) is 86.0 Å². The lowest BCUT2D eigenvalue weighted by Gasteiger charge is -2.25. The maximum Gasteiger partial charge on any atom is 0.293 e. The van der Waals surface area contributed by atoms with Gasteiger partial charge in [-0.2, -0.15) is 0 Å². The average molecular weight is 743 g/mol. The third-order valence-corrected chi connectivity index (χ3v) is 7.29. The Hall–Kier alpha value is -3.80. The number of hydrogen-bond donors (Lipinski definition) is 1. The van der Waals surface area contributed by atoms with Gasteiger partial charge in [0.25, 0.3) is 11.6 Å². The van der Waals surface area contributed by atoms with Gasteiger partial charge in [0.05, 0.1) is 10.6 Å². The minimum absolute atomic E-state index is 0.0352. The molecule has 0 radical (unpaired) electrons. The van der Waals surface area contributed by atoms with Crippen molar-refractivity contribution in [2.45, 2.75) is 32.0 Å². The first-order valence-electron chi connectivity index (χ1n) is 14.6. The summed E-state index contributed by atoms with van der Waals surface area (Å²) in [6.45, 7) is 14.7. The lowest BCUT2D eigenvalue weighted by atomic mass is 10.0. The van der Waals surface area contributed by atoms with Crippen molar-refractivity contribution in [3.63, 3.8) is 0 Å². The van der Waals surface area contributed by atoms with Crippen LogP contribution in [0.3, 0.4) is 0 Å². The van der Waals surface area contributed by atoms with Crippen molar-refractivity contribution in [1.82, 2.24) is 4.90 Å². The zero-order valence-corrected chi connectivity index (χ0v) is 30.1. The van der Waals surface area contributed by atoms with Crippen LogP contribution in [-0.4, -0.2) is 58.8 Å². The molecule has 0 saturated carbocycles. The quantitative estimate of drug-likeness (QED) is 0.0437. The van der Waals surface area contributed by atoms with Crippen LogP contribution in [0.5, 0.6) is 11.5 Å². The van der Waals surface area contributed by atoms with Gasteiger partial charge >= 0.3 is 0 Å². The number of halogens is 4. The minimum atomic E-state index is -1.01. The number of para-hydroxylation sites is 2. The van der Waals surface area contributed by atoms with Crippen molar-refractivity contribution in [1.29, 1.82) is 0 Å². The van der Waals surface area contributed by atoms with E-state index < -0.39 is 9.76 Å². The van der Waals surface area contributed by atoms with E-state index in [2.05, 4.69) is 20.1 Å². The zero-order chi connectivity index (χ0) is 36.2. The van der Waals surface area contributed by atoms with Gasteiger partial charge in [-0.25, -0.2) is 0 Å². The van der Waals surface area contributed by atoms with Gasteiger partial charge < -0.3 is 20.1 Å². The van der Waals surface area contributed by atoms with E-state index in [0.29, 0.717) is 25.4 Å². The van der Waals surface area contributed by atoms with Gasteiger partial charge in [0, 0.05) is 25.8 Å². The van der Waals surface area contributed by atoms with Crippen molar-refractivity contribution in [2.75, 3.05) is 42.9 Å². The molecule has 0 aliphatic carbocycles. The van der Waals surface area contributed by atoms with E-state index in [4.69, 9.17) is 61.6 Å². The lowest BCUT2D eigenvalue weighted by Crippen LogP contribution is -2.35. The normalized spacial score (nSPS) is 10.1. The van der Waals surface area contributed by atoms with Crippen molar-refractivity contribution in [3.8, 4) is 11.5 Å². The highest BCUT2D eigenvalue weighted by Crippen LogP contribution is 2.38. The molecule has 0 fully saturated rings. The number of nitrogen functional groups attached to an aromatic ring is 1. The minimum Gasteiger partial charge on any atom is -0.456 e. The molecule has 260 valence electrons. The molecule has 10 nitrogen and oxygen atoms in total. The number of carbonyl (C=O) groups excluding carboxylic acids is 2. The smallest absolute Gasteiger partial charge is 0.293 e. The maximum absolute atomic E-state index is 12.0. The highest BCUT2D eigenvalue weighted by Gasteiger charge is 2.20. The van der Waals surface area contributed by atoms with Gasteiger partial charge in [0.2, 0.25) is 5.91 Å². The number of nitrogens with zero attached hydrogens (tertiary/aromatic N) is 3. The number of nitrogens with two attached hydrogens (primary N) is 1. The Morgan fingerprint density at radius 1 is 1.02 bits per heavy atom. The van der Waals surface area contributed by atoms with E-state index in [0.717, 1.165) is 23.2 Å². The summed E-state index contributed by atoms with van der Waals surface area (Å²) in [5.74, 6) is 0.371. The largest absolute Gasteiger partial charge is 0.456 e. The molecule has 0 heterocycles. The van der Waals surface area contributed by atoms with E-state index in [1.807, 2.05) is 38.1 Å². The maximum atomic E-state index is 12.0. The molecule has 0 bridgehead atoms. The van der Waals surface area contributed by atoms with Gasteiger partial charge in [-0.15, -0.1) is 24.8 Å². The fraction of sp³-hybridized carbons (Fsp3) is 0.294. The third kappa shape index (κ3) is 13.4. The summed E-state index contributed by atoms with van der Waals surface area (Å²) in [7, 11) is 0. The number of benzene rings is 3. The Bertz CT molecular complexity index is 1500. The fourth-order valence-corrected chi connectivity index (χ4v) is 4.65. The SMILES string of the molecule is C=CCN(CC=C)C(=O)C(Cl)Cl.CCOCN(C(=O)CCl)c1c(C)cccc1CC.Nc1c([N+](=O)[O-])ccc(Oc2ccccc2)c1Cl. The van der Waals surface area contributed by atoms with Crippen LogP contribution < -0.4 is 15.4 Å². The first kappa shape index (κ1) is 42.2. The summed E-state index contributed by atoms with van der Waals surface area (Å²) in [5.41, 5.74) is 8.37. The molecule has 48 heavy (non-hydrogen) atoms. The molecule has 3 aromatic carbocycles. The number of nitro benzene ring substituents is 1. The first-order valence-corrected chi connectivity index (χ1v) is 16.4. The van der Waals surface area contributed by atoms with E-state index in [1.54, 1.807) is 41.3 Å². The molecule has 0 aliphatic rings. The van der Waals surface area contributed by atoms with E-state index in [-0.39, 0.29) is 46.6 Å².